The van der Waals surface area contributed by atoms with Crippen molar-refractivity contribution in [3.8, 4) is 5.75 Å². The van der Waals surface area contributed by atoms with Crippen LogP contribution in [0.4, 0.5) is 5.69 Å². The topological polar surface area (TPSA) is 96.0 Å². The Bertz CT molecular complexity index is 1480. The monoisotopic (exact) mass is 599 g/mol. The van der Waals surface area contributed by atoms with Gasteiger partial charge in [-0.2, -0.15) is 0 Å². The molecule has 8 nitrogen and oxygen atoms in total. The van der Waals surface area contributed by atoms with Crippen LogP contribution in [0.5, 0.6) is 5.75 Å². The lowest BCUT2D eigenvalue weighted by atomic mass is 10.1. The Labute approximate surface area is 248 Å². The third-order valence-corrected chi connectivity index (χ3v) is 8.84. The minimum atomic E-state index is -4.17. The van der Waals surface area contributed by atoms with Crippen molar-refractivity contribution in [2.75, 3.05) is 24.5 Å². The van der Waals surface area contributed by atoms with E-state index in [4.69, 9.17) is 16.3 Å². The maximum absolute atomic E-state index is 14.0. The van der Waals surface area contributed by atoms with Crippen molar-refractivity contribution in [1.29, 1.82) is 0 Å². The van der Waals surface area contributed by atoms with E-state index in [0.717, 1.165) is 21.0 Å². The zero-order valence-corrected chi connectivity index (χ0v) is 25.9. The summed E-state index contributed by atoms with van der Waals surface area (Å²) < 4.78 is 34.3. The molecule has 0 saturated heterocycles. The quantitative estimate of drug-likeness (QED) is 0.303. The van der Waals surface area contributed by atoms with Gasteiger partial charge in [-0.1, -0.05) is 43.6 Å². The highest BCUT2D eigenvalue weighted by molar-refractivity contribution is 7.92. The molecule has 1 atom stereocenters. The number of nitrogens with zero attached hydrogens (tertiary/aromatic N) is 2. The number of amides is 2. The van der Waals surface area contributed by atoms with Crippen molar-refractivity contribution >= 4 is 39.1 Å². The van der Waals surface area contributed by atoms with Crippen molar-refractivity contribution in [2.45, 2.75) is 52.1 Å². The predicted molar refractivity (Wildman–Crippen MR) is 163 cm³/mol. The zero-order chi connectivity index (χ0) is 30.3. The average molecular weight is 600 g/mol. The highest BCUT2D eigenvalue weighted by Gasteiger charge is 2.32. The van der Waals surface area contributed by atoms with Gasteiger partial charge in [0.2, 0.25) is 11.8 Å². The van der Waals surface area contributed by atoms with Crippen molar-refractivity contribution in [2.24, 2.45) is 5.92 Å². The first-order chi connectivity index (χ1) is 19.3. The van der Waals surface area contributed by atoms with E-state index in [9.17, 15) is 18.0 Å². The molecule has 0 aliphatic heterocycles. The highest BCUT2D eigenvalue weighted by Crippen LogP contribution is 2.27. The van der Waals surface area contributed by atoms with Crippen LogP contribution in [0.15, 0.2) is 71.6 Å². The molecule has 220 valence electrons. The Balaban J connectivity index is 2.05. The van der Waals surface area contributed by atoms with Crippen LogP contribution in [-0.4, -0.2) is 51.4 Å². The van der Waals surface area contributed by atoms with Crippen molar-refractivity contribution < 1.29 is 22.7 Å². The molecule has 41 heavy (non-hydrogen) atoms. The number of carbonyl (C=O) groups excluding carboxylic acids is 2. The smallest absolute Gasteiger partial charge is 0.264 e. The molecule has 0 aliphatic carbocycles. The molecule has 0 saturated carbocycles. The SMILES string of the molecule is COc1cccc(CN(C(=O)CN(c2ccc(C)c(C)c2)S(=O)(=O)c2ccc(Cl)cc2)[C@H](C)C(=O)NCC(C)C)c1. The van der Waals surface area contributed by atoms with Gasteiger partial charge < -0.3 is 15.0 Å². The largest absolute Gasteiger partial charge is 0.497 e. The summed E-state index contributed by atoms with van der Waals surface area (Å²) in [5.74, 6) is -0.0311. The van der Waals surface area contributed by atoms with Crippen LogP contribution in [0.25, 0.3) is 0 Å². The number of carbonyl (C=O) groups is 2. The lowest BCUT2D eigenvalue weighted by Gasteiger charge is -2.32. The second-order valence-corrected chi connectivity index (χ2v) is 12.7. The van der Waals surface area contributed by atoms with Crippen LogP contribution in [0, 0.1) is 19.8 Å². The van der Waals surface area contributed by atoms with Gasteiger partial charge >= 0.3 is 0 Å². The second kappa shape index (κ2) is 13.9. The van der Waals surface area contributed by atoms with E-state index in [1.807, 2.05) is 39.8 Å². The molecule has 0 spiro atoms. The number of ether oxygens (including phenoxy) is 1. The fourth-order valence-corrected chi connectivity index (χ4v) is 5.68. The lowest BCUT2D eigenvalue weighted by molar-refractivity contribution is -0.139. The van der Waals surface area contributed by atoms with E-state index in [0.29, 0.717) is 23.0 Å². The van der Waals surface area contributed by atoms with Gasteiger partial charge in [0.1, 0.15) is 18.3 Å². The molecule has 0 radical (unpaired) electrons. The van der Waals surface area contributed by atoms with Crippen LogP contribution in [0.3, 0.4) is 0 Å². The summed E-state index contributed by atoms with van der Waals surface area (Å²) in [6.07, 6.45) is 0. The minimum absolute atomic E-state index is 0.00463. The highest BCUT2D eigenvalue weighted by atomic mass is 35.5. The maximum Gasteiger partial charge on any atom is 0.264 e. The molecule has 3 rings (SSSR count). The number of aryl methyl sites for hydroxylation is 2. The summed E-state index contributed by atoms with van der Waals surface area (Å²) in [6, 6.07) is 17.4. The fraction of sp³-hybridized carbons (Fsp3) is 0.355. The first kappa shape index (κ1) is 32.0. The van der Waals surface area contributed by atoms with Gasteiger partial charge in [-0.25, -0.2) is 8.42 Å². The molecule has 0 fully saturated rings. The Morgan fingerprint density at radius 1 is 0.951 bits per heavy atom. The normalized spacial score (nSPS) is 12.1. The maximum atomic E-state index is 14.0. The molecule has 3 aromatic carbocycles. The van der Waals surface area contributed by atoms with Gasteiger partial charge in [-0.15, -0.1) is 0 Å². The van der Waals surface area contributed by atoms with E-state index in [2.05, 4.69) is 5.32 Å². The molecule has 2 amide bonds. The van der Waals surface area contributed by atoms with Gasteiger partial charge in [0.05, 0.1) is 17.7 Å². The molecule has 0 heterocycles. The van der Waals surface area contributed by atoms with Crippen LogP contribution < -0.4 is 14.4 Å². The third-order valence-electron chi connectivity index (χ3n) is 6.80. The number of hydrogen-bond acceptors (Lipinski definition) is 5. The summed E-state index contributed by atoms with van der Waals surface area (Å²) in [7, 11) is -2.62. The number of nitrogens with one attached hydrogen (secondary N) is 1. The van der Waals surface area contributed by atoms with E-state index in [1.165, 1.54) is 29.2 Å². The summed E-state index contributed by atoms with van der Waals surface area (Å²) in [5.41, 5.74) is 2.94. The second-order valence-electron chi connectivity index (χ2n) is 10.4. The van der Waals surface area contributed by atoms with E-state index < -0.39 is 28.5 Å². The molecule has 3 aromatic rings. The van der Waals surface area contributed by atoms with Crippen LogP contribution >= 0.6 is 11.6 Å². The molecule has 0 aromatic heterocycles. The first-order valence-corrected chi connectivity index (χ1v) is 15.2. The van der Waals surface area contributed by atoms with Crippen LogP contribution in [0.1, 0.15) is 37.5 Å². The molecule has 0 unspecified atom stereocenters. The number of sulfonamides is 1. The average Bonchev–Trinajstić information content (AvgIpc) is 2.94. The summed E-state index contributed by atoms with van der Waals surface area (Å²) in [6.45, 7) is 9.42. The number of anilines is 1. The molecule has 0 aliphatic rings. The Morgan fingerprint density at radius 3 is 2.24 bits per heavy atom. The molecular weight excluding hydrogens is 562 g/mol. The van der Waals surface area contributed by atoms with Crippen molar-refractivity contribution in [3.05, 3.63) is 88.4 Å². The predicted octanol–water partition coefficient (Wildman–Crippen LogP) is 5.35. The van der Waals surface area contributed by atoms with Crippen molar-refractivity contribution in [1.82, 2.24) is 10.2 Å². The Morgan fingerprint density at radius 2 is 1.63 bits per heavy atom. The third kappa shape index (κ3) is 8.24. The van der Waals surface area contributed by atoms with E-state index >= 15 is 0 Å². The van der Waals surface area contributed by atoms with E-state index in [-0.39, 0.29) is 23.3 Å². The number of hydrogen-bond donors (Lipinski definition) is 1. The summed E-state index contributed by atoms with van der Waals surface area (Å²) in [4.78, 5) is 28.6. The van der Waals surface area contributed by atoms with E-state index in [1.54, 1.807) is 44.4 Å². The van der Waals surface area contributed by atoms with Gasteiger partial charge in [0, 0.05) is 18.1 Å². The Kier molecular flexibility index (Phi) is 10.8. The number of rotatable bonds is 12. The number of benzene rings is 3. The van der Waals surface area contributed by atoms with Crippen LogP contribution in [0.2, 0.25) is 5.02 Å². The summed E-state index contributed by atoms with van der Waals surface area (Å²) in [5, 5.41) is 3.28. The van der Waals surface area contributed by atoms with Gasteiger partial charge in [-0.05, 0) is 91.9 Å². The molecule has 10 heteroatoms. The lowest BCUT2D eigenvalue weighted by Crippen LogP contribution is -2.51. The zero-order valence-electron chi connectivity index (χ0n) is 24.3. The number of halogens is 1. The van der Waals surface area contributed by atoms with Crippen molar-refractivity contribution in [3.63, 3.8) is 0 Å². The summed E-state index contributed by atoms with van der Waals surface area (Å²) >= 11 is 6.01. The van der Waals surface area contributed by atoms with Gasteiger partial charge in [-0.3, -0.25) is 13.9 Å². The fourth-order valence-electron chi connectivity index (χ4n) is 4.15. The first-order valence-electron chi connectivity index (χ1n) is 13.4. The molecule has 1 N–H and O–H groups in total. The Hall–Kier alpha value is -3.56. The van der Waals surface area contributed by atoms with Gasteiger partial charge in [0.25, 0.3) is 10.0 Å². The van der Waals surface area contributed by atoms with Crippen LogP contribution in [-0.2, 0) is 26.2 Å². The standard InChI is InChI=1S/C31H38ClN3O5S/c1-21(2)18-33-31(37)24(5)34(19-25-8-7-9-28(17-25)40-6)30(36)20-35(27-13-10-22(3)23(4)16-27)41(38,39)29-14-11-26(32)12-15-29/h7-17,21,24H,18-20H2,1-6H3,(H,33,37)/t24-/m1/s1. The number of methoxy groups -OCH3 is 1. The molecule has 0 bridgehead atoms. The van der Waals surface area contributed by atoms with Gasteiger partial charge in [0.15, 0.2) is 0 Å². The molecular formula is C31H38ClN3O5S. The minimum Gasteiger partial charge on any atom is -0.497 e.